The predicted molar refractivity (Wildman–Crippen MR) is 96.8 cm³/mol. The maximum atomic E-state index is 12.6. The lowest BCUT2D eigenvalue weighted by Gasteiger charge is -2.28. The molecule has 7 heteroatoms. The van der Waals surface area contributed by atoms with Gasteiger partial charge in [0, 0.05) is 41.5 Å². The molecule has 2 aromatic rings. The van der Waals surface area contributed by atoms with Gasteiger partial charge < -0.3 is 10.2 Å². The first-order valence-corrected chi connectivity index (χ1v) is 9.01. The molecule has 1 atom stereocenters. The number of aromatic nitrogens is 2. The van der Waals surface area contributed by atoms with Crippen molar-refractivity contribution in [1.29, 1.82) is 0 Å². The first kappa shape index (κ1) is 17.3. The van der Waals surface area contributed by atoms with Crippen LogP contribution in [-0.2, 0) is 13.0 Å². The Bertz CT molecular complexity index is 742. The number of hydrogen-bond acceptors (Lipinski definition) is 5. The number of thiophene rings is 1. The Hall–Kier alpha value is -1.50. The number of carbonyl (C=O) groups excluding carboxylic acids is 1. The third kappa shape index (κ3) is 3.31. The number of fused-ring (bicyclic) bond motifs is 1. The number of hydrogen-bond donors (Lipinski definition) is 1. The smallest absolute Gasteiger partial charge is 0.255 e. The van der Waals surface area contributed by atoms with E-state index in [4.69, 9.17) is 4.98 Å². The molecular formula is C17H21ClN4OS. The molecule has 0 spiro atoms. The van der Waals surface area contributed by atoms with Crippen LogP contribution in [0.25, 0.3) is 0 Å². The molecule has 0 radical (unpaired) electrons. The summed E-state index contributed by atoms with van der Waals surface area (Å²) in [5.41, 5.74) is 2.98. The van der Waals surface area contributed by atoms with E-state index in [1.165, 1.54) is 11.3 Å². The quantitative estimate of drug-likeness (QED) is 0.890. The first-order chi connectivity index (χ1) is 11.2. The highest BCUT2D eigenvalue weighted by Crippen LogP contribution is 2.24. The molecule has 24 heavy (non-hydrogen) atoms. The summed E-state index contributed by atoms with van der Waals surface area (Å²) >= 11 is 1.62. The van der Waals surface area contributed by atoms with Crippen molar-refractivity contribution in [3.8, 4) is 0 Å². The van der Waals surface area contributed by atoms with Crippen molar-refractivity contribution in [2.45, 2.75) is 38.8 Å². The van der Waals surface area contributed by atoms with E-state index in [1.807, 2.05) is 29.5 Å². The van der Waals surface area contributed by atoms with E-state index in [0.717, 1.165) is 48.6 Å². The molecule has 1 saturated heterocycles. The number of carbonyl (C=O) groups is 1. The topological polar surface area (TPSA) is 58.1 Å². The third-order valence-corrected chi connectivity index (χ3v) is 5.45. The average molecular weight is 365 g/mol. The van der Waals surface area contributed by atoms with Gasteiger partial charge in [0.2, 0.25) is 0 Å². The fourth-order valence-corrected chi connectivity index (χ4v) is 3.99. The van der Waals surface area contributed by atoms with Gasteiger partial charge in [-0.25, -0.2) is 9.97 Å². The van der Waals surface area contributed by atoms with E-state index in [2.05, 4.69) is 10.3 Å². The van der Waals surface area contributed by atoms with Crippen molar-refractivity contribution in [2.24, 2.45) is 0 Å². The van der Waals surface area contributed by atoms with Crippen LogP contribution in [0.4, 0.5) is 0 Å². The predicted octanol–water partition coefficient (Wildman–Crippen LogP) is 2.89. The van der Waals surface area contributed by atoms with E-state index in [9.17, 15) is 4.79 Å². The molecule has 1 unspecified atom stereocenters. The normalized spacial score (nSPS) is 19.7. The van der Waals surface area contributed by atoms with Gasteiger partial charge in [0.05, 0.1) is 17.3 Å². The van der Waals surface area contributed by atoms with Crippen LogP contribution in [0.1, 0.15) is 51.2 Å². The van der Waals surface area contributed by atoms with Gasteiger partial charge in [0.25, 0.3) is 5.91 Å². The molecule has 2 aliphatic heterocycles. The summed E-state index contributed by atoms with van der Waals surface area (Å²) in [4.78, 5) is 24.9. The van der Waals surface area contributed by atoms with Gasteiger partial charge >= 0.3 is 0 Å². The Morgan fingerprint density at radius 2 is 2.33 bits per heavy atom. The van der Waals surface area contributed by atoms with Crippen molar-refractivity contribution < 1.29 is 4.79 Å². The van der Waals surface area contributed by atoms with Crippen molar-refractivity contribution in [2.75, 3.05) is 13.1 Å². The summed E-state index contributed by atoms with van der Waals surface area (Å²) in [6, 6.07) is 2.27. The SMILES string of the molecule is Cc1cc(C(=O)N2CCc3nc(C4CCCN4)ncc3C2)cs1.Cl. The van der Waals surface area contributed by atoms with Gasteiger partial charge in [-0.15, -0.1) is 23.7 Å². The fraction of sp³-hybridized carbons (Fsp3) is 0.471. The lowest BCUT2D eigenvalue weighted by molar-refractivity contribution is 0.0733. The van der Waals surface area contributed by atoms with Gasteiger partial charge in [-0.1, -0.05) is 0 Å². The minimum absolute atomic E-state index is 0. The zero-order chi connectivity index (χ0) is 15.8. The Kier molecular flexibility index (Phi) is 5.18. The maximum absolute atomic E-state index is 12.6. The molecular weight excluding hydrogens is 344 g/mol. The lowest BCUT2D eigenvalue weighted by Crippen LogP contribution is -2.36. The molecule has 0 saturated carbocycles. The Balaban J connectivity index is 0.00000169. The molecule has 0 bridgehead atoms. The molecule has 0 aliphatic carbocycles. The third-order valence-electron chi connectivity index (χ3n) is 4.59. The second-order valence-corrected chi connectivity index (χ2v) is 7.39. The molecule has 128 valence electrons. The van der Waals surface area contributed by atoms with E-state index in [1.54, 1.807) is 11.3 Å². The Morgan fingerprint density at radius 3 is 3.04 bits per heavy atom. The molecule has 2 aliphatic rings. The van der Waals surface area contributed by atoms with E-state index >= 15 is 0 Å². The summed E-state index contributed by atoms with van der Waals surface area (Å²) in [6.07, 6.45) is 5.02. The van der Waals surface area contributed by atoms with Crippen LogP contribution < -0.4 is 5.32 Å². The van der Waals surface area contributed by atoms with Crippen LogP contribution in [-0.4, -0.2) is 33.9 Å². The molecule has 4 rings (SSSR count). The van der Waals surface area contributed by atoms with Gasteiger partial charge in [0.1, 0.15) is 5.82 Å². The minimum Gasteiger partial charge on any atom is -0.334 e. The summed E-state index contributed by atoms with van der Waals surface area (Å²) < 4.78 is 0. The highest BCUT2D eigenvalue weighted by atomic mass is 35.5. The van der Waals surface area contributed by atoms with Crippen molar-refractivity contribution in [1.82, 2.24) is 20.2 Å². The van der Waals surface area contributed by atoms with Crippen LogP contribution in [0.15, 0.2) is 17.6 Å². The van der Waals surface area contributed by atoms with Crippen molar-refractivity contribution in [3.63, 3.8) is 0 Å². The summed E-state index contributed by atoms with van der Waals surface area (Å²) in [5, 5.41) is 5.39. The summed E-state index contributed by atoms with van der Waals surface area (Å²) in [5.74, 6) is 1.02. The number of nitrogens with one attached hydrogen (secondary N) is 1. The highest BCUT2D eigenvalue weighted by molar-refractivity contribution is 7.10. The average Bonchev–Trinajstić information content (AvgIpc) is 3.25. The van der Waals surface area contributed by atoms with E-state index in [-0.39, 0.29) is 18.3 Å². The number of nitrogens with zero attached hydrogens (tertiary/aromatic N) is 3. The van der Waals surface area contributed by atoms with Crippen LogP contribution in [0.2, 0.25) is 0 Å². The zero-order valence-electron chi connectivity index (χ0n) is 13.6. The van der Waals surface area contributed by atoms with Crippen molar-refractivity contribution in [3.05, 3.63) is 45.2 Å². The molecule has 2 aromatic heterocycles. The van der Waals surface area contributed by atoms with Gasteiger partial charge in [-0.2, -0.15) is 0 Å². The Labute approximate surface area is 151 Å². The number of amides is 1. The molecule has 1 N–H and O–H groups in total. The van der Waals surface area contributed by atoms with Crippen LogP contribution in [0, 0.1) is 6.92 Å². The molecule has 0 aromatic carbocycles. The minimum atomic E-state index is 0. The van der Waals surface area contributed by atoms with Gasteiger partial charge in [-0.05, 0) is 32.4 Å². The second-order valence-electron chi connectivity index (χ2n) is 6.27. The largest absolute Gasteiger partial charge is 0.334 e. The molecule has 5 nitrogen and oxygen atoms in total. The molecule has 4 heterocycles. The first-order valence-electron chi connectivity index (χ1n) is 8.13. The van der Waals surface area contributed by atoms with Gasteiger partial charge in [-0.3, -0.25) is 4.79 Å². The van der Waals surface area contributed by atoms with Crippen LogP contribution in [0.5, 0.6) is 0 Å². The van der Waals surface area contributed by atoms with Crippen molar-refractivity contribution >= 4 is 29.7 Å². The highest BCUT2D eigenvalue weighted by Gasteiger charge is 2.25. The fourth-order valence-electron chi connectivity index (χ4n) is 3.32. The van der Waals surface area contributed by atoms with Crippen LogP contribution >= 0.6 is 23.7 Å². The lowest BCUT2D eigenvalue weighted by atomic mass is 10.1. The van der Waals surface area contributed by atoms with E-state index < -0.39 is 0 Å². The second kappa shape index (κ2) is 7.17. The molecule has 1 fully saturated rings. The molecule has 1 amide bonds. The van der Waals surface area contributed by atoms with Gasteiger partial charge in [0.15, 0.2) is 0 Å². The summed E-state index contributed by atoms with van der Waals surface area (Å²) in [6.45, 7) is 4.42. The maximum Gasteiger partial charge on any atom is 0.255 e. The standard InChI is InChI=1S/C17H20N4OS.ClH/c1-11-7-12(10-23-11)17(22)21-6-4-14-13(9-21)8-19-16(20-14)15-3-2-5-18-15;/h7-8,10,15,18H,2-6,9H2,1H3;1H. The van der Waals surface area contributed by atoms with Crippen LogP contribution in [0.3, 0.4) is 0 Å². The van der Waals surface area contributed by atoms with E-state index in [0.29, 0.717) is 12.6 Å². The number of aryl methyl sites for hydroxylation is 1. The zero-order valence-corrected chi connectivity index (χ0v) is 15.3. The summed E-state index contributed by atoms with van der Waals surface area (Å²) in [7, 11) is 0. The number of rotatable bonds is 2. The number of halogens is 1. The monoisotopic (exact) mass is 364 g/mol. The Morgan fingerprint density at radius 1 is 1.46 bits per heavy atom.